The summed E-state index contributed by atoms with van der Waals surface area (Å²) in [5.74, 6) is -0.729. The smallest absolute Gasteiger partial charge is 0.295 e. The van der Waals surface area contributed by atoms with Crippen molar-refractivity contribution in [1.29, 1.82) is 0 Å². The SMILES string of the molecule is CC1Cc2cc(/C(O)=C3/C(=O)C(=O)N(CCc4ccccc4)C3c3cccc(Cl)c3)ccc2O1. The summed E-state index contributed by atoms with van der Waals surface area (Å²) in [6.45, 7) is 2.31. The molecule has 5 nitrogen and oxygen atoms in total. The highest BCUT2D eigenvalue weighted by atomic mass is 35.5. The molecule has 3 aromatic rings. The van der Waals surface area contributed by atoms with Crippen molar-refractivity contribution in [2.45, 2.75) is 31.9 Å². The summed E-state index contributed by atoms with van der Waals surface area (Å²) in [6, 6.07) is 21.5. The Morgan fingerprint density at radius 2 is 1.85 bits per heavy atom. The monoisotopic (exact) mass is 473 g/mol. The van der Waals surface area contributed by atoms with Gasteiger partial charge >= 0.3 is 0 Å². The van der Waals surface area contributed by atoms with Crippen LogP contribution >= 0.6 is 11.6 Å². The molecule has 34 heavy (non-hydrogen) atoms. The van der Waals surface area contributed by atoms with E-state index in [0.29, 0.717) is 29.1 Å². The molecule has 1 fully saturated rings. The first-order chi connectivity index (χ1) is 16.4. The molecule has 3 aromatic carbocycles. The highest BCUT2D eigenvalue weighted by molar-refractivity contribution is 6.46. The van der Waals surface area contributed by atoms with Crippen molar-refractivity contribution in [1.82, 2.24) is 4.90 Å². The van der Waals surface area contributed by atoms with Gasteiger partial charge in [0.1, 0.15) is 17.6 Å². The Labute approximate surface area is 203 Å². The number of ether oxygens (including phenoxy) is 1. The van der Waals surface area contributed by atoms with Gasteiger partial charge < -0.3 is 14.7 Å². The maximum atomic E-state index is 13.2. The van der Waals surface area contributed by atoms with Crippen LogP contribution in [0.3, 0.4) is 0 Å². The summed E-state index contributed by atoms with van der Waals surface area (Å²) < 4.78 is 5.76. The highest BCUT2D eigenvalue weighted by Crippen LogP contribution is 2.41. The topological polar surface area (TPSA) is 66.8 Å². The summed E-state index contributed by atoms with van der Waals surface area (Å²) in [5.41, 5.74) is 3.27. The van der Waals surface area contributed by atoms with Crippen LogP contribution in [-0.2, 0) is 22.4 Å². The van der Waals surface area contributed by atoms with Crippen molar-refractivity contribution in [3.8, 4) is 5.75 Å². The molecule has 2 aliphatic rings. The Kier molecular flexibility index (Phi) is 5.88. The third kappa shape index (κ3) is 4.08. The maximum absolute atomic E-state index is 13.2. The van der Waals surface area contributed by atoms with Crippen LogP contribution in [-0.4, -0.2) is 34.3 Å². The lowest BCUT2D eigenvalue weighted by atomic mass is 9.94. The van der Waals surface area contributed by atoms with E-state index in [9.17, 15) is 14.7 Å². The van der Waals surface area contributed by atoms with Crippen molar-refractivity contribution in [3.05, 3.63) is 106 Å². The van der Waals surface area contributed by atoms with Crippen LogP contribution in [0.2, 0.25) is 5.02 Å². The number of halogens is 1. The zero-order valence-corrected chi connectivity index (χ0v) is 19.5. The van der Waals surface area contributed by atoms with Crippen molar-refractivity contribution in [2.75, 3.05) is 6.54 Å². The van der Waals surface area contributed by atoms with E-state index in [4.69, 9.17) is 16.3 Å². The van der Waals surface area contributed by atoms with E-state index < -0.39 is 17.7 Å². The molecule has 172 valence electrons. The van der Waals surface area contributed by atoms with E-state index >= 15 is 0 Å². The van der Waals surface area contributed by atoms with Crippen LogP contribution in [0, 0.1) is 0 Å². The van der Waals surface area contributed by atoms with Gasteiger partial charge in [-0.1, -0.05) is 54.1 Å². The molecular weight excluding hydrogens is 450 g/mol. The molecule has 2 unspecified atom stereocenters. The van der Waals surface area contributed by atoms with Crippen LogP contribution in [0.5, 0.6) is 5.75 Å². The lowest BCUT2D eigenvalue weighted by molar-refractivity contribution is -0.139. The number of nitrogens with zero attached hydrogens (tertiary/aromatic N) is 1. The highest BCUT2D eigenvalue weighted by Gasteiger charge is 2.46. The number of likely N-dealkylation sites (tertiary alicyclic amines) is 1. The standard InChI is InChI=1S/C28H24ClNO4/c1-17-14-21-15-20(10-11-23(21)34-17)26(31)24-25(19-8-5-9-22(29)16-19)30(28(33)27(24)32)13-12-18-6-3-2-4-7-18/h2-11,15-17,25,31H,12-14H2,1H3/b26-24-. The first kappa shape index (κ1) is 22.2. The summed E-state index contributed by atoms with van der Waals surface area (Å²) >= 11 is 6.26. The second-order valence-corrected chi connectivity index (χ2v) is 9.17. The fourth-order valence-electron chi connectivity index (χ4n) is 4.75. The van der Waals surface area contributed by atoms with Crippen LogP contribution in [0.1, 0.15) is 35.2 Å². The Morgan fingerprint density at radius 3 is 2.62 bits per heavy atom. The molecule has 2 atom stereocenters. The van der Waals surface area contributed by atoms with Gasteiger partial charge in [0.2, 0.25) is 0 Å². The van der Waals surface area contributed by atoms with E-state index in [2.05, 4.69) is 0 Å². The largest absolute Gasteiger partial charge is 0.507 e. The normalized spacial score (nSPS) is 20.9. The molecule has 0 aliphatic carbocycles. The van der Waals surface area contributed by atoms with Gasteiger partial charge in [-0.05, 0) is 60.4 Å². The van der Waals surface area contributed by atoms with E-state index in [1.165, 1.54) is 4.90 Å². The number of amides is 1. The lowest BCUT2D eigenvalue weighted by Gasteiger charge is -2.25. The molecule has 6 heteroatoms. The molecule has 0 aromatic heterocycles. The van der Waals surface area contributed by atoms with E-state index in [0.717, 1.165) is 23.3 Å². The predicted molar refractivity (Wildman–Crippen MR) is 131 cm³/mol. The third-order valence-electron chi connectivity index (χ3n) is 6.36. The van der Waals surface area contributed by atoms with E-state index in [1.807, 2.05) is 49.4 Å². The van der Waals surface area contributed by atoms with Gasteiger partial charge in [0.05, 0.1) is 11.6 Å². The summed E-state index contributed by atoms with van der Waals surface area (Å²) in [4.78, 5) is 27.9. The number of carbonyl (C=O) groups excluding carboxylic acids is 2. The minimum atomic E-state index is -0.731. The molecule has 0 radical (unpaired) electrons. The molecule has 5 rings (SSSR count). The maximum Gasteiger partial charge on any atom is 0.295 e. The number of carbonyl (C=O) groups is 2. The Morgan fingerprint density at radius 1 is 1.06 bits per heavy atom. The minimum Gasteiger partial charge on any atom is -0.507 e. The number of hydrogen-bond acceptors (Lipinski definition) is 4. The second-order valence-electron chi connectivity index (χ2n) is 8.74. The zero-order valence-electron chi connectivity index (χ0n) is 18.7. The first-order valence-electron chi connectivity index (χ1n) is 11.3. The van der Waals surface area contributed by atoms with Crippen molar-refractivity contribution in [2.24, 2.45) is 0 Å². The van der Waals surface area contributed by atoms with Gasteiger partial charge in [-0.15, -0.1) is 0 Å². The van der Waals surface area contributed by atoms with Crippen molar-refractivity contribution < 1.29 is 19.4 Å². The Bertz CT molecular complexity index is 1300. The first-order valence-corrected chi connectivity index (χ1v) is 11.7. The summed E-state index contributed by atoms with van der Waals surface area (Å²) in [5, 5.41) is 11.8. The minimum absolute atomic E-state index is 0.0578. The number of rotatable bonds is 5. The van der Waals surface area contributed by atoms with Gasteiger partial charge in [-0.3, -0.25) is 9.59 Å². The number of hydrogen-bond donors (Lipinski definition) is 1. The summed E-state index contributed by atoms with van der Waals surface area (Å²) in [7, 11) is 0. The second kappa shape index (κ2) is 8.99. The number of fused-ring (bicyclic) bond motifs is 1. The Balaban J connectivity index is 1.58. The van der Waals surface area contributed by atoms with Crippen LogP contribution < -0.4 is 4.74 Å². The average molecular weight is 474 g/mol. The fraction of sp³-hybridized carbons (Fsp3) is 0.214. The molecule has 0 spiro atoms. The lowest BCUT2D eigenvalue weighted by Crippen LogP contribution is -2.31. The average Bonchev–Trinajstić information content (AvgIpc) is 3.33. The predicted octanol–water partition coefficient (Wildman–Crippen LogP) is 5.33. The molecule has 2 aliphatic heterocycles. The summed E-state index contributed by atoms with van der Waals surface area (Å²) in [6.07, 6.45) is 1.36. The van der Waals surface area contributed by atoms with Crippen molar-refractivity contribution in [3.63, 3.8) is 0 Å². The number of aliphatic hydroxyl groups excluding tert-OH is 1. The van der Waals surface area contributed by atoms with Gasteiger partial charge in [0.25, 0.3) is 11.7 Å². The van der Waals surface area contributed by atoms with Gasteiger partial charge in [-0.25, -0.2) is 0 Å². The number of Topliss-reactive ketones (excluding diaryl/α,β-unsaturated/α-hetero) is 1. The number of aliphatic hydroxyl groups is 1. The molecule has 1 N–H and O–H groups in total. The molecule has 2 heterocycles. The van der Waals surface area contributed by atoms with Gasteiger partial charge in [0.15, 0.2) is 0 Å². The molecule has 0 bridgehead atoms. The number of ketones is 1. The molecule has 1 saturated heterocycles. The van der Waals surface area contributed by atoms with E-state index in [-0.39, 0.29) is 17.4 Å². The number of benzene rings is 3. The Hall–Kier alpha value is -3.57. The molecule has 0 saturated carbocycles. The van der Waals surface area contributed by atoms with Crippen LogP contribution in [0.25, 0.3) is 5.76 Å². The van der Waals surface area contributed by atoms with Crippen molar-refractivity contribution >= 4 is 29.1 Å². The van der Waals surface area contributed by atoms with Gasteiger partial charge in [0, 0.05) is 23.6 Å². The molecule has 1 amide bonds. The van der Waals surface area contributed by atoms with Crippen LogP contribution in [0.4, 0.5) is 0 Å². The quantitative estimate of drug-likeness (QED) is 0.309. The zero-order chi connectivity index (χ0) is 23.8. The van der Waals surface area contributed by atoms with E-state index in [1.54, 1.807) is 30.3 Å². The van der Waals surface area contributed by atoms with Gasteiger partial charge in [-0.2, -0.15) is 0 Å². The molecular formula is C28H24ClNO4. The van der Waals surface area contributed by atoms with Crippen LogP contribution in [0.15, 0.2) is 78.4 Å². The fourth-order valence-corrected chi connectivity index (χ4v) is 4.95. The third-order valence-corrected chi connectivity index (χ3v) is 6.59.